The summed E-state index contributed by atoms with van der Waals surface area (Å²) in [6, 6.07) is 16.1. The number of likely N-dealkylation sites (tertiary alicyclic amines) is 1. The number of rotatable bonds is 7. The van der Waals surface area contributed by atoms with E-state index >= 15 is 0 Å². The Morgan fingerprint density at radius 1 is 1.18 bits per heavy atom. The molecular formula is C22H25FN2O2S. The van der Waals surface area contributed by atoms with Gasteiger partial charge >= 0.3 is 0 Å². The van der Waals surface area contributed by atoms with Gasteiger partial charge in [0.25, 0.3) is 0 Å². The van der Waals surface area contributed by atoms with E-state index in [1.54, 1.807) is 0 Å². The highest BCUT2D eigenvalue weighted by atomic mass is 32.2. The van der Waals surface area contributed by atoms with Gasteiger partial charge in [-0.25, -0.2) is 4.39 Å². The van der Waals surface area contributed by atoms with Gasteiger partial charge in [-0.2, -0.15) is 0 Å². The summed E-state index contributed by atoms with van der Waals surface area (Å²) in [5.41, 5.74) is 1.79. The molecule has 1 saturated heterocycles. The van der Waals surface area contributed by atoms with Crippen LogP contribution in [0.4, 0.5) is 10.1 Å². The number of amides is 2. The van der Waals surface area contributed by atoms with Crippen LogP contribution in [0.5, 0.6) is 0 Å². The zero-order chi connectivity index (χ0) is 19.9. The Morgan fingerprint density at radius 3 is 2.61 bits per heavy atom. The van der Waals surface area contributed by atoms with Crippen LogP contribution in [-0.2, 0) is 16.0 Å². The number of benzene rings is 2. The molecule has 1 aliphatic heterocycles. The van der Waals surface area contributed by atoms with E-state index < -0.39 is 0 Å². The van der Waals surface area contributed by atoms with Gasteiger partial charge in [0.2, 0.25) is 11.8 Å². The molecule has 0 bridgehead atoms. The molecule has 4 nitrogen and oxygen atoms in total. The number of thioether (sulfide) groups is 1. The SMILES string of the molecule is CC(SCC(=O)Nc1ccc(F)cc1)C(=O)N1CCCC1Cc1ccccc1. The van der Waals surface area contributed by atoms with Gasteiger partial charge in [-0.1, -0.05) is 30.3 Å². The largest absolute Gasteiger partial charge is 0.338 e. The van der Waals surface area contributed by atoms with Crippen LogP contribution in [0.25, 0.3) is 0 Å². The van der Waals surface area contributed by atoms with E-state index in [0.29, 0.717) is 5.69 Å². The maximum Gasteiger partial charge on any atom is 0.235 e. The molecule has 2 aromatic carbocycles. The van der Waals surface area contributed by atoms with E-state index in [0.717, 1.165) is 25.8 Å². The quantitative estimate of drug-likeness (QED) is 0.761. The van der Waals surface area contributed by atoms with Gasteiger partial charge < -0.3 is 10.2 Å². The van der Waals surface area contributed by atoms with Crippen LogP contribution in [0, 0.1) is 5.82 Å². The summed E-state index contributed by atoms with van der Waals surface area (Å²) >= 11 is 1.33. The highest BCUT2D eigenvalue weighted by Gasteiger charge is 2.31. The molecule has 2 aromatic rings. The normalized spacial score (nSPS) is 17.4. The number of hydrogen-bond acceptors (Lipinski definition) is 3. The van der Waals surface area contributed by atoms with Crippen LogP contribution >= 0.6 is 11.8 Å². The number of halogens is 1. The summed E-state index contributed by atoms with van der Waals surface area (Å²) in [7, 11) is 0. The topological polar surface area (TPSA) is 49.4 Å². The van der Waals surface area contributed by atoms with Gasteiger partial charge in [-0.3, -0.25) is 9.59 Å². The Hall–Kier alpha value is -2.34. The summed E-state index contributed by atoms with van der Waals surface area (Å²) in [5.74, 6) is -0.264. The molecular weight excluding hydrogens is 375 g/mol. The second kappa shape index (κ2) is 9.73. The van der Waals surface area contributed by atoms with Crippen molar-refractivity contribution in [3.8, 4) is 0 Å². The van der Waals surface area contributed by atoms with Crippen molar-refractivity contribution in [2.24, 2.45) is 0 Å². The van der Waals surface area contributed by atoms with Gasteiger partial charge in [0, 0.05) is 18.3 Å². The van der Waals surface area contributed by atoms with Gasteiger partial charge in [-0.05, 0) is 56.0 Å². The third-order valence-corrected chi connectivity index (χ3v) is 6.05. The van der Waals surface area contributed by atoms with Gasteiger partial charge in [0.05, 0.1) is 11.0 Å². The minimum Gasteiger partial charge on any atom is -0.338 e. The van der Waals surface area contributed by atoms with Gasteiger partial charge in [0.1, 0.15) is 5.82 Å². The fourth-order valence-electron chi connectivity index (χ4n) is 3.46. The lowest BCUT2D eigenvalue weighted by Crippen LogP contribution is -2.41. The van der Waals surface area contributed by atoms with Crippen molar-refractivity contribution in [3.05, 3.63) is 66.0 Å². The first-order chi connectivity index (χ1) is 13.5. The molecule has 2 unspecified atom stereocenters. The minimum atomic E-state index is -0.345. The highest BCUT2D eigenvalue weighted by molar-refractivity contribution is 8.01. The van der Waals surface area contributed by atoms with Crippen molar-refractivity contribution in [1.29, 1.82) is 0 Å². The van der Waals surface area contributed by atoms with Crippen LogP contribution in [0.3, 0.4) is 0 Å². The van der Waals surface area contributed by atoms with E-state index in [4.69, 9.17) is 0 Å². The molecule has 6 heteroatoms. The first-order valence-electron chi connectivity index (χ1n) is 9.54. The first kappa shape index (κ1) is 20.4. The van der Waals surface area contributed by atoms with E-state index in [1.807, 2.05) is 30.0 Å². The number of anilines is 1. The average molecular weight is 401 g/mol. The number of nitrogens with one attached hydrogen (secondary N) is 1. The lowest BCUT2D eigenvalue weighted by molar-refractivity contribution is -0.131. The molecule has 1 fully saturated rings. The summed E-state index contributed by atoms with van der Waals surface area (Å²) in [5, 5.41) is 2.44. The van der Waals surface area contributed by atoms with Crippen molar-refractivity contribution in [2.75, 3.05) is 17.6 Å². The van der Waals surface area contributed by atoms with Crippen LogP contribution in [-0.4, -0.2) is 40.3 Å². The standard InChI is InChI=1S/C22H25FN2O2S/c1-16(28-15-21(26)24-19-11-9-18(23)10-12-19)22(27)25-13-5-8-20(25)14-17-6-3-2-4-7-17/h2-4,6-7,9-12,16,20H,5,8,13-15H2,1H3,(H,24,26). The molecule has 148 valence electrons. The number of hydrogen-bond donors (Lipinski definition) is 1. The second-order valence-corrected chi connectivity index (χ2v) is 8.35. The predicted molar refractivity (Wildman–Crippen MR) is 112 cm³/mol. The zero-order valence-electron chi connectivity index (χ0n) is 15.9. The molecule has 3 rings (SSSR count). The van der Waals surface area contributed by atoms with Crippen LogP contribution in [0.15, 0.2) is 54.6 Å². The summed E-state index contributed by atoms with van der Waals surface area (Å²) in [6.07, 6.45) is 2.91. The van der Waals surface area contributed by atoms with E-state index in [1.165, 1.54) is 41.6 Å². The van der Waals surface area contributed by atoms with Crippen molar-refractivity contribution in [1.82, 2.24) is 4.90 Å². The highest BCUT2D eigenvalue weighted by Crippen LogP contribution is 2.25. The minimum absolute atomic E-state index is 0.0954. The molecule has 1 heterocycles. The summed E-state index contributed by atoms with van der Waals surface area (Å²) in [6.45, 7) is 2.64. The lowest BCUT2D eigenvalue weighted by Gasteiger charge is -2.27. The lowest BCUT2D eigenvalue weighted by atomic mass is 10.0. The molecule has 0 spiro atoms. The molecule has 0 saturated carbocycles. The van der Waals surface area contributed by atoms with Crippen LogP contribution in [0.1, 0.15) is 25.3 Å². The number of carbonyl (C=O) groups excluding carboxylic acids is 2. The fraction of sp³-hybridized carbons (Fsp3) is 0.364. The second-order valence-electron chi connectivity index (χ2n) is 7.03. The fourth-order valence-corrected chi connectivity index (χ4v) is 4.21. The maximum atomic E-state index is 12.9. The molecule has 1 aliphatic rings. The van der Waals surface area contributed by atoms with Gasteiger partial charge in [-0.15, -0.1) is 11.8 Å². The van der Waals surface area contributed by atoms with Gasteiger partial charge in [0.15, 0.2) is 0 Å². The Kier molecular flexibility index (Phi) is 7.09. The van der Waals surface area contributed by atoms with Crippen molar-refractivity contribution in [2.45, 2.75) is 37.5 Å². The molecule has 0 radical (unpaired) electrons. The van der Waals surface area contributed by atoms with Crippen molar-refractivity contribution in [3.63, 3.8) is 0 Å². The van der Waals surface area contributed by atoms with Crippen LogP contribution in [0.2, 0.25) is 0 Å². The molecule has 0 aromatic heterocycles. The Morgan fingerprint density at radius 2 is 1.89 bits per heavy atom. The monoisotopic (exact) mass is 400 g/mol. The molecule has 2 atom stereocenters. The van der Waals surface area contributed by atoms with E-state index in [-0.39, 0.29) is 34.7 Å². The van der Waals surface area contributed by atoms with Crippen molar-refractivity contribution >= 4 is 29.3 Å². The van der Waals surface area contributed by atoms with E-state index in [2.05, 4.69) is 17.4 Å². The first-order valence-corrected chi connectivity index (χ1v) is 10.6. The average Bonchev–Trinajstić information content (AvgIpc) is 3.16. The summed E-state index contributed by atoms with van der Waals surface area (Å²) in [4.78, 5) is 27.0. The Bertz CT molecular complexity index is 798. The predicted octanol–water partition coefficient (Wildman–Crippen LogP) is 4.12. The molecule has 1 N–H and O–H groups in total. The smallest absolute Gasteiger partial charge is 0.235 e. The zero-order valence-corrected chi connectivity index (χ0v) is 16.8. The summed E-state index contributed by atoms with van der Waals surface area (Å²) < 4.78 is 12.9. The Balaban J connectivity index is 1.49. The third-order valence-electron chi connectivity index (χ3n) is 4.91. The molecule has 0 aliphatic carbocycles. The maximum absolute atomic E-state index is 12.9. The molecule has 2 amide bonds. The van der Waals surface area contributed by atoms with E-state index in [9.17, 15) is 14.0 Å². The number of nitrogens with zero attached hydrogens (tertiary/aromatic N) is 1. The third kappa shape index (κ3) is 5.58. The van der Waals surface area contributed by atoms with Crippen LogP contribution < -0.4 is 5.32 Å². The number of carbonyl (C=O) groups is 2. The van der Waals surface area contributed by atoms with Crippen molar-refractivity contribution < 1.29 is 14.0 Å². The molecule has 28 heavy (non-hydrogen) atoms. The Labute approximate surface area is 169 Å².